The molecule has 1 amide bonds. The van der Waals surface area contributed by atoms with Crippen molar-refractivity contribution in [3.8, 4) is 0 Å². The summed E-state index contributed by atoms with van der Waals surface area (Å²) < 4.78 is 0. The Bertz CT molecular complexity index is 207. The molecule has 1 heterocycles. The quantitative estimate of drug-likeness (QED) is 0.523. The van der Waals surface area contributed by atoms with Gasteiger partial charge in [-0.25, -0.2) is 0 Å². The average molecular weight is 203 g/mol. The van der Waals surface area contributed by atoms with Crippen molar-refractivity contribution >= 4 is 5.91 Å². The highest BCUT2D eigenvalue weighted by Crippen LogP contribution is 2.20. The summed E-state index contributed by atoms with van der Waals surface area (Å²) in [4.78, 5) is 12.9. The fraction of sp³-hybridized carbons (Fsp3) is 0.889. The lowest BCUT2D eigenvalue weighted by Gasteiger charge is -2.28. The minimum atomic E-state index is -0.749. The first-order chi connectivity index (χ1) is 6.60. The van der Waals surface area contributed by atoms with Crippen LogP contribution in [0.5, 0.6) is 0 Å². The molecule has 0 aliphatic carbocycles. The lowest BCUT2D eigenvalue weighted by atomic mass is 10.1. The molecule has 5 nitrogen and oxygen atoms in total. The van der Waals surface area contributed by atoms with Crippen LogP contribution in [0.25, 0.3) is 0 Å². The van der Waals surface area contributed by atoms with Crippen molar-refractivity contribution in [3.05, 3.63) is 0 Å². The number of hydrogen-bond donors (Lipinski definition) is 3. The number of carbonyl (C=O) groups is 1. The van der Waals surface area contributed by atoms with Crippen LogP contribution < -0.4 is 0 Å². The maximum atomic E-state index is 11.4. The molecule has 1 aliphatic heterocycles. The zero-order valence-corrected chi connectivity index (χ0v) is 8.26. The summed E-state index contributed by atoms with van der Waals surface area (Å²) >= 11 is 0. The molecule has 0 aromatic rings. The molecular weight excluding hydrogens is 186 g/mol. The Morgan fingerprint density at radius 1 is 1.57 bits per heavy atom. The average Bonchev–Trinajstić information content (AvgIpc) is 2.48. The minimum absolute atomic E-state index is 0.0276. The number of carbonyl (C=O) groups excluding carboxylic acids is 1. The van der Waals surface area contributed by atoms with Gasteiger partial charge in [-0.05, 0) is 6.92 Å². The van der Waals surface area contributed by atoms with Crippen LogP contribution in [0.15, 0.2) is 0 Å². The monoisotopic (exact) mass is 203 g/mol. The Morgan fingerprint density at radius 3 is 2.57 bits per heavy atom. The molecule has 0 saturated carbocycles. The highest BCUT2D eigenvalue weighted by Gasteiger charge is 2.35. The van der Waals surface area contributed by atoms with Crippen LogP contribution in [0, 0.1) is 5.92 Å². The number of rotatable bonds is 4. The van der Waals surface area contributed by atoms with Crippen LogP contribution in [0.4, 0.5) is 0 Å². The number of amides is 1. The Kier molecular flexibility index (Phi) is 3.86. The number of aliphatic hydroxyl groups excluding tert-OH is 3. The molecular formula is C9H17NO4. The molecule has 0 bridgehead atoms. The van der Waals surface area contributed by atoms with Gasteiger partial charge in [0.1, 0.15) is 0 Å². The zero-order chi connectivity index (χ0) is 10.7. The normalized spacial score (nSPS) is 26.7. The maximum Gasteiger partial charge on any atom is 0.223 e. The predicted molar refractivity (Wildman–Crippen MR) is 49.5 cm³/mol. The molecule has 0 aromatic carbocycles. The Hall–Kier alpha value is -0.650. The van der Waals surface area contributed by atoms with E-state index in [-0.39, 0.29) is 25.0 Å². The van der Waals surface area contributed by atoms with Gasteiger partial charge in [0.2, 0.25) is 5.91 Å². The maximum absolute atomic E-state index is 11.4. The molecule has 1 unspecified atom stereocenters. The van der Waals surface area contributed by atoms with Gasteiger partial charge in [-0.15, -0.1) is 0 Å². The van der Waals surface area contributed by atoms with Crippen molar-refractivity contribution in [1.29, 1.82) is 0 Å². The molecule has 14 heavy (non-hydrogen) atoms. The zero-order valence-electron chi connectivity index (χ0n) is 8.26. The van der Waals surface area contributed by atoms with Crippen molar-refractivity contribution in [2.45, 2.75) is 25.5 Å². The van der Waals surface area contributed by atoms with Gasteiger partial charge in [0, 0.05) is 25.5 Å². The first kappa shape index (κ1) is 11.4. The van der Waals surface area contributed by atoms with Gasteiger partial charge in [-0.2, -0.15) is 0 Å². The highest BCUT2D eigenvalue weighted by atomic mass is 16.3. The second-order valence-corrected chi connectivity index (χ2v) is 3.79. The third kappa shape index (κ3) is 2.23. The summed E-state index contributed by atoms with van der Waals surface area (Å²) in [6, 6.07) is -0.543. The van der Waals surface area contributed by atoms with Crippen LogP contribution >= 0.6 is 0 Å². The van der Waals surface area contributed by atoms with Gasteiger partial charge >= 0.3 is 0 Å². The van der Waals surface area contributed by atoms with Gasteiger partial charge < -0.3 is 20.2 Å². The van der Waals surface area contributed by atoms with Crippen molar-refractivity contribution in [2.24, 2.45) is 5.92 Å². The molecule has 1 rings (SSSR count). The lowest BCUT2D eigenvalue weighted by Crippen LogP contribution is -2.46. The molecule has 3 atom stereocenters. The molecule has 0 spiro atoms. The van der Waals surface area contributed by atoms with Crippen molar-refractivity contribution in [2.75, 3.05) is 19.8 Å². The summed E-state index contributed by atoms with van der Waals surface area (Å²) in [6.07, 6.45) is -0.443. The van der Waals surface area contributed by atoms with Crippen molar-refractivity contribution < 1.29 is 20.1 Å². The summed E-state index contributed by atoms with van der Waals surface area (Å²) in [7, 11) is 0. The van der Waals surface area contributed by atoms with Crippen molar-refractivity contribution in [1.82, 2.24) is 4.90 Å². The van der Waals surface area contributed by atoms with Crippen LogP contribution in [-0.4, -0.2) is 58.0 Å². The van der Waals surface area contributed by atoms with E-state index < -0.39 is 12.1 Å². The summed E-state index contributed by atoms with van der Waals surface area (Å²) in [5, 5.41) is 27.2. The molecule has 5 heteroatoms. The fourth-order valence-electron chi connectivity index (χ4n) is 1.76. The first-order valence-electron chi connectivity index (χ1n) is 4.79. The highest BCUT2D eigenvalue weighted by molar-refractivity contribution is 5.79. The standard InChI is InChI=1S/C9H17NO4/c1-6(13)8(5-12)10-3-7(4-11)2-9(10)14/h6-8,11-13H,2-5H2,1H3/t6-,7?,8-/m1/s1. The molecule has 1 saturated heterocycles. The smallest absolute Gasteiger partial charge is 0.223 e. The van der Waals surface area contributed by atoms with Crippen LogP contribution in [0.3, 0.4) is 0 Å². The van der Waals surface area contributed by atoms with Gasteiger partial charge in [0.15, 0.2) is 0 Å². The molecule has 82 valence electrons. The molecule has 3 N–H and O–H groups in total. The van der Waals surface area contributed by atoms with E-state index in [9.17, 15) is 9.90 Å². The third-order valence-corrected chi connectivity index (χ3v) is 2.64. The van der Waals surface area contributed by atoms with Gasteiger partial charge in [-0.3, -0.25) is 4.79 Å². The van der Waals surface area contributed by atoms with E-state index >= 15 is 0 Å². The van der Waals surface area contributed by atoms with E-state index in [2.05, 4.69) is 0 Å². The van der Waals surface area contributed by atoms with E-state index in [1.54, 1.807) is 6.92 Å². The van der Waals surface area contributed by atoms with E-state index in [1.807, 2.05) is 0 Å². The molecule has 1 aliphatic rings. The number of likely N-dealkylation sites (tertiary alicyclic amines) is 1. The van der Waals surface area contributed by atoms with Crippen molar-refractivity contribution in [3.63, 3.8) is 0 Å². The number of hydrogen-bond acceptors (Lipinski definition) is 4. The molecule has 0 radical (unpaired) electrons. The van der Waals surface area contributed by atoms with Gasteiger partial charge in [0.05, 0.1) is 18.8 Å². The first-order valence-corrected chi connectivity index (χ1v) is 4.79. The SMILES string of the molecule is C[C@@H](O)[C@@H](CO)N1CC(CO)CC1=O. The summed E-state index contributed by atoms with van der Waals surface area (Å²) in [5.74, 6) is -0.167. The van der Waals surface area contributed by atoms with Crippen LogP contribution in [0.1, 0.15) is 13.3 Å². The Labute approximate surface area is 83.0 Å². The van der Waals surface area contributed by atoms with E-state index in [1.165, 1.54) is 4.90 Å². The van der Waals surface area contributed by atoms with Crippen LogP contribution in [-0.2, 0) is 4.79 Å². The summed E-state index contributed by atoms with van der Waals surface area (Å²) in [5.41, 5.74) is 0. The second-order valence-electron chi connectivity index (χ2n) is 3.79. The van der Waals surface area contributed by atoms with E-state index in [4.69, 9.17) is 10.2 Å². The number of aliphatic hydroxyl groups is 3. The minimum Gasteiger partial charge on any atom is -0.396 e. The van der Waals surface area contributed by atoms with Crippen LogP contribution in [0.2, 0.25) is 0 Å². The fourth-order valence-corrected chi connectivity index (χ4v) is 1.76. The van der Waals surface area contributed by atoms with Gasteiger partial charge in [-0.1, -0.05) is 0 Å². The largest absolute Gasteiger partial charge is 0.396 e. The van der Waals surface area contributed by atoms with E-state index in [0.29, 0.717) is 13.0 Å². The predicted octanol–water partition coefficient (Wildman–Crippen LogP) is -1.43. The van der Waals surface area contributed by atoms with Gasteiger partial charge in [0.25, 0.3) is 0 Å². The Balaban J connectivity index is 2.63. The van der Waals surface area contributed by atoms with E-state index in [0.717, 1.165) is 0 Å². The topological polar surface area (TPSA) is 81.0 Å². The third-order valence-electron chi connectivity index (χ3n) is 2.64. The molecule has 0 aromatic heterocycles. The summed E-state index contributed by atoms with van der Waals surface area (Å²) in [6.45, 7) is 1.69. The lowest BCUT2D eigenvalue weighted by molar-refractivity contribution is -0.132. The Morgan fingerprint density at radius 2 is 2.21 bits per heavy atom. The number of nitrogens with zero attached hydrogens (tertiary/aromatic N) is 1. The second kappa shape index (κ2) is 4.72. The molecule has 1 fully saturated rings.